The van der Waals surface area contributed by atoms with Crippen LogP contribution in [0.5, 0.6) is 0 Å². The lowest BCUT2D eigenvalue weighted by atomic mass is 9.98. The highest BCUT2D eigenvalue weighted by atomic mass is 35.5. The van der Waals surface area contributed by atoms with E-state index in [0.717, 1.165) is 11.1 Å². The highest BCUT2D eigenvalue weighted by Crippen LogP contribution is 2.28. The monoisotopic (exact) mass is 341 g/mol. The van der Waals surface area contributed by atoms with Gasteiger partial charge in [0, 0.05) is 30.7 Å². The number of nitrogens with zero attached hydrogens (tertiary/aromatic N) is 3. The van der Waals surface area contributed by atoms with E-state index in [1.807, 2.05) is 36.4 Å². The second-order valence-corrected chi connectivity index (χ2v) is 5.70. The van der Waals surface area contributed by atoms with Crippen LogP contribution < -0.4 is 5.32 Å². The first-order chi connectivity index (χ1) is 11.6. The minimum absolute atomic E-state index is 0.242. The van der Waals surface area contributed by atoms with E-state index in [2.05, 4.69) is 20.5 Å². The van der Waals surface area contributed by atoms with E-state index < -0.39 is 0 Å². The summed E-state index contributed by atoms with van der Waals surface area (Å²) in [7, 11) is 1.75. The maximum atomic E-state index is 12.6. The quantitative estimate of drug-likeness (QED) is 0.759. The van der Waals surface area contributed by atoms with Crippen LogP contribution in [-0.2, 0) is 0 Å². The van der Waals surface area contributed by atoms with Gasteiger partial charge in [-0.25, -0.2) is 4.79 Å². The molecule has 0 fully saturated rings. The van der Waals surface area contributed by atoms with Crippen LogP contribution in [0.3, 0.4) is 0 Å². The topological polar surface area (TPSA) is 73.9 Å². The molecule has 122 valence electrons. The van der Waals surface area contributed by atoms with Gasteiger partial charge < -0.3 is 10.2 Å². The van der Waals surface area contributed by atoms with Crippen LogP contribution in [0.15, 0.2) is 61.2 Å². The lowest BCUT2D eigenvalue weighted by Gasteiger charge is -2.29. The minimum Gasteiger partial charge on any atom is -0.316 e. The van der Waals surface area contributed by atoms with Gasteiger partial charge in [0.15, 0.2) is 0 Å². The van der Waals surface area contributed by atoms with Crippen LogP contribution in [0, 0.1) is 0 Å². The molecule has 24 heavy (non-hydrogen) atoms. The first-order valence-electron chi connectivity index (χ1n) is 7.33. The third-order valence-corrected chi connectivity index (χ3v) is 3.92. The Bertz CT molecular complexity index is 790. The molecule has 3 aromatic rings. The van der Waals surface area contributed by atoms with E-state index in [9.17, 15) is 4.79 Å². The average Bonchev–Trinajstić information content (AvgIpc) is 3.10. The van der Waals surface area contributed by atoms with Crippen molar-refractivity contribution in [2.75, 3.05) is 12.4 Å². The number of urea groups is 1. The molecule has 3 rings (SSSR count). The summed E-state index contributed by atoms with van der Waals surface area (Å²) in [6.45, 7) is 0. The van der Waals surface area contributed by atoms with Gasteiger partial charge in [-0.2, -0.15) is 5.10 Å². The van der Waals surface area contributed by atoms with Gasteiger partial charge in [-0.1, -0.05) is 23.7 Å². The molecule has 2 heterocycles. The van der Waals surface area contributed by atoms with Gasteiger partial charge in [-0.15, -0.1) is 0 Å². The van der Waals surface area contributed by atoms with Gasteiger partial charge in [0.25, 0.3) is 0 Å². The molecule has 1 aromatic carbocycles. The number of amides is 2. The molecular weight excluding hydrogens is 326 g/mol. The number of H-pyrrole nitrogens is 1. The van der Waals surface area contributed by atoms with Gasteiger partial charge in [0.2, 0.25) is 0 Å². The number of halogens is 1. The van der Waals surface area contributed by atoms with Gasteiger partial charge in [0.1, 0.15) is 0 Å². The van der Waals surface area contributed by atoms with Gasteiger partial charge in [0.05, 0.1) is 17.9 Å². The molecule has 0 bridgehead atoms. The Hall–Kier alpha value is -2.86. The molecule has 0 aliphatic rings. The number of carbonyl (C=O) groups is 1. The molecule has 2 N–H and O–H groups in total. The number of pyridine rings is 1. The third-order valence-electron chi connectivity index (χ3n) is 3.66. The fourth-order valence-electron chi connectivity index (χ4n) is 2.48. The van der Waals surface area contributed by atoms with Crippen LogP contribution in [0.1, 0.15) is 17.2 Å². The number of aromatic nitrogens is 3. The van der Waals surface area contributed by atoms with Crippen molar-refractivity contribution in [3.63, 3.8) is 0 Å². The molecule has 0 spiro atoms. The maximum absolute atomic E-state index is 12.6. The molecule has 7 heteroatoms. The van der Waals surface area contributed by atoms with Crippen LogP contribution in [0.4, 0.5) is 10.5 Å². The molecule has 2 aromatic heterocycles. The van der Waals surface area contributed by atoms with Crippen molar-refractivity contribution in [1.29, 1.82) is 0 Å². The van der Waals surface area contributed by atoms with Crippen molar-refractivity contribution in [3.05, 3.63) is 77.3 Å². The van der Waals surface area contributed by atoms with E-state index in [0.29, 0.717) is 10.7 Å². The Morgan fingerprint density at radius 1 is 1.17 bits per heavy atom. The predicted molar refractivity (Wildman–Crippen MR) is 92.9 cm³/mol. The summed E-state index contributed by atoms with van der Waals surface area (Å²) in [6, 6.07) is 10.7. The Labute approximate surface area is 144 Å². The molecule has 0 saturated carbocycles. The molecule has 6 nitrogen and oxygen atoms in total. The third kappa shape index (κ3) is 3.55. The SMILES string of the molecule is CN(C(=O)Nc1cn[nH]c1)[C@@H](c1ccncc1)c1ccc(Cl)cc1. The molecule has 2 amide bonds. The Morgan fingerprint density at radius 2 is 1.83 bits per heavy atom. The van der Waals surface area contributed by atoms with Gasteiger partial charge in [-0.05, 0) is 35.4 Å². The Kier molecular flexibility index (Phi) is 4.77. The van der Waals surface area contributed by atoms with Crippen molar-refractivity contribution in [3.8, 4) is 0 Å². The van der Waals surface area contributed by atoms with Gasteiger partial charge >= 0.3 is 6.03 Å². The fraction of sp³-hybridized carbons (Fsp3) is 0.118. The number of benzene rings is 1. The smallest absolute Gasteiger partial charge is 0.316 e. The zero-order valence-corrected chi connectivity index (χ0v) is 13.7. The largest absolute Gasteiger partial charge is 0.322 e. The first-order valence-corrected chi connectivity index (χ1v) is 7.71. The number of aromatic amines is 1. The lowest BCUT2D eigenvalue weighted by Crippen LogP contribution is -2.35. The zero-order chi connectivity index (χ0) is 16.9. The van der Waals surface area contributed by atoms with Crippen LogP contribution in [0.2, 0.25) is 5.02 Å². The molecular formula is C17H16ClN5O. The summed E-state index contributed by atoms with van der Waals surface area (Å²) in [4.78, 5) is 18.3. The number of carbonyl (C=O) groups excluding carboxylic acids is 1. The zero-order valence-electron chi connectivity index (χ0n) is 13.0. The van der Waals surface area contributed by atoms with E-state index >= 15 is 0 Å². The fourth-order valence-corrected chi connectivity index (χ4v) is 2.60. The average molecular weight is 342 g/mol. The molecule has 0 aliphatic heterocycles. The molecule has 0 unspecified atom stereocenters. The van der Waals surface area contributed by atoms with Crippen molar-refractivity contribution < 1.29 is 4.79 Å². The summed E-state index contributed by atoms with van der Waals surface area (Å²) in [5.74, 6) is 0. The summed E-state index contributed by atoms with van der Waals surface area (Å²) < 4.78 is 0. The lowest BCUT2D eigenvalue weighted by molar-refractivity contribution is 0.212. The van der Waals surface area contributed by atoms with Crippen LogP contribution in [-0.4, -0.2) is 33.2 Å². The Balaban J connectivity index is 1.91. The molecule has 0 aliphatic carbocycles. The normalized spacial score (nSPS) is 11.8. The van der Waals surface area contributed by atoms with E-state index in [4.69, 9.17) is 11.6 Å². The van der Waals surface area contributed by atoms with Crippen molar-refractivity contribution in [2.24, 2.45) is 0 Å². The summed E-state index contributed by atoms with van der Waals surface area (Å²) in [5.41, 5.74) is 2.52. The predicted octanol–water partition coefficient (Wildman–Crippen LogP) is 3.71. The maximum Gasteiger partial charge on any atom is 0.322 e. The highest BCUT2D eigenvalue weighted by molar-refractivity contribution is 6.30. The van der Waals surface area contributed by atoms with Gasteiger partial charge in [-0.3, -0.25) is 10.1 Å². The first kappa shape index (κ1) is 16.0. The second kappa shape index (κ2) is 7.14. The number of nitrogens with one attached hydrogen (secondary N) is 2. The second-order valence-electron chi connectivity index (χ2n) is 5.26. The van der Waals surface area contributed by atoms with E-state index in [-0.39, 0.29) is 12.1 Å². The molecule has 0 radical (unpaired) electrons. The summed E-state index contributed by atoms with van der Waals surface area (Å²) >= 11 is 5.99. The summed E-state index contributed by atoms with van der Waals surface area (Å²) in [5, 5.41) is 9.95. The van der Waals surface area contributed by atoms with Crippen molar-refractivity contribution in [1.82, 2.24) is 20.1 Å². The number of hydrogen-bond acceptors (Lipinski definition) is 3. The van der Waals surface area contributed by atoms with Crippen molar-refractivity contribution >= 4 is 23.3 Å². The van der Waals surface area contributed by atoms with E-state index in [1.54, 1.807) is 36.7 Å². The van der Waals surface area contributed by atoms with Crippen molar-refractivity contribution in [2.45, 2.75) is 6.04 Å². The minimum atomic E-state index is -0.267. The standard InChI is InChI=1S/C17H16ClN5O/c1-23(17(24)22-15-10-20-21-11-15)16(13-6-8-19-9-7-13)12-2-4-14(18)5-3-12/h2-11,16H,1H3,(H,20,21)(H,22,24)/t16-/m1/s1. The Morgan fingerprint density at radius 3 is 2.46 bits per heavy atom. The number of hydrogen-bond donors (Lipinski definition) is 2. The molecule has 0 saturated heterocycles. The van der Waals surface area contributed by atoms with Crippen LogP contribution >= 0.6 is 11.6 Å². The van der Waals surface area contributed by atoms with E-state index in [1.165, 1.54) is 0 Å². The summed E-state index contributed by atoms with van der Waals surface area (Å²) in [6.07, 6.45) is 6.59. The molecule has 1 atom stereocenters. The number of anilines is 1. The number of rotatable bonds is 4. The highest BCUT2D eigenvalue weighted by Gasteiger charge is 2.23. The van der Waals surface area contributed by atoms with Crippen LogP contribution in [0.25, 0.3) is 0 Å².